The fourth-order valence-electron chi connectivity index (χ4n) is 1.82. The normalized spacial score (nSPS) is 8.11. The van der Waals surface area contributed by atoms with Crippen molar-refractivity contribution in [3.05, 3.63) is 89.5 Å². The van der Waals surface area contributed by atoms with Gasteiger partial charge < -0.3 is 17.2 Å². The molecule has 0 aliphatic carbocycles. The molecule has 0 aromatic heterocycles. The molecule has 3 aromatic rings. The van der Waals surface area contributed by atoms with E-state index in [0.717, 1.165) is 22.6 Å². The molecule has 150 valence electrons. The van der Waals surface area contributed by atoms with Gasteiger partial charge in [-0.3, -0.25) is 0 Å². The van der Waals surface area contributed by atoms with Gasteiger partial charge in [0.15, 0.2) is 0 Å². The van der Waals surface area contributed by atoms with Crippen molar-refractivity contribution in [1.29, 1.82) is 0 Å². The summed E-state index contributed by atoms with van der Waals surface area (Å²) in [4.78, 5) is 0. The van der Waals surface area contributed by atoms with Gasteiger partial charge in [0.2, 0.25) is 0 Å². The van der Waals surface area contributed by atoms with E-state index in [2.05, 4.69) is 0 Å². The minimum Gasteiger partial charge on any atom is -0.399 e. The van der Waals surface area contributed by atoms with Gasteiger partial charge in [0.1, 0.15) is 0 Å². The molecule has 0 bridgehead atoms. The van der Waals surface area contributed by atoms with Gasteiger partial charge in [0.25, 0.3) is 0 Å². The highest BCUT2D eigenvalue weighted by Gasteiger charge is 1.84. The number of aryl methyl sites for hydroxylation is 3. The minimum absolute atomic E-state index is 0. The molecule has 3 heteroatoms. The van der Waals surface area contributed by atoms with Gasteiger partial charge >= 0.3 is 0 Å². The smallest absolute Gasteiger partial charge is 0.0343 e. The van der Waals surface area contributed by atoms with E-state index in [1.54, 1.807) is 0 Å². The third-order valence-corrected chi connectivity index (χ3v) is 3.31. The predicted octanol–water partition coefficient (Wildman–Crippen LogP) is 6.64. The minimum atomic E-state index is 0. The first-order valence-corrected chi connectivity index (χ1v) is 7.84. The zero-order chi connectivity index (χ0) is 17.9. The molecule has 0 heterocycles. The molecule has 0 saturated heterocycles. The molecule has 27 heavy (non-hydrogen) atoms. The molecule has 3 aromatic carbocycles. The van der Waals surface area contributed by atoms with Crippen LogP contribution in [0.4, 0.5) is 17.1 Å². The number of hydrogen-bond donors (Lipinski definition) is 3. The van der Waals surface area contributed by atoms with E-state index in [-0.39, 0.29) is 22.3 Å². The van der Waals surface area contributed by atoms with E-state index >= 15 is 0 Å². The molecule has 3 nitrogen and oxygen atoms in total. The highest BCUT2D eigenvalue weighted by atomic mass is 14.5. The lowest BCUT2D eigenvalue weighted by molar-refractivity contribution is 1.47. The molecule has 0 aliphatic rings. The van der Waals surface area contributed by atoms with Crippen LogP contribution in [-0.4, -0.2) is 0 Å². The molecule has 0 amide bonds. The Balaban J connectivity index is -0.000000303. The van der Waals surface area contributed by atoms with Crippen molar-refractivity contribution in [3.8, 4) is 0 Å². The van der Waals surface area contributed by atoms with Gasteiger partial charge in [-0.1, -0.05) is 70.3 Å². The Hall–Kier alpha value is -2.94. The Morgan fingerprint density at radius 3 is 1.41 bits per heavy atom. The first-order valence-electron chi connectivity index (χ1n) is 7.84. The number of hydrogen-bond acceptors (Lipinski definition) is 3. The largest absolute Gasteiger partial charge is 0.399 e. The van der Waals surface area contributed by atoms with Crippen LogP contribution in [0.25, 0.3) is 0 Å². The first-order chi connectivity index (χ1) is 11.4. The van der Waals surface area contributed by atoms with Crippen molar-refractivity contribution in [3.63, 3.8) is 0 Å². The Labute approximate surface area is 167 Å². The van der Waals surface area contributed by atoms with Crippen LogP contribution in [0, 0.1) is 20.8 Å². The summed E-state index contributed by atoms with van der Waals surface area (Å²) >= 11 is 0. The molecule has 0 saturated carbocycles. The van der Waals surface area contributed by atoms with Crippen LogP contribution in [0.5, 0.6) is 0 Å². The number of anilines is 3. The average molecular weight is 370 g/mol. The van der Waals surface area contributed by atoms with Crippen molar-refractivity contribution >= 4 is 17.1 Å². The van der Waals surface area contributed by atoms with Gasteiger partial charge in [-0.15, -0.1) is 0 Å². The number of nitrogens with two attached hydrogens (primary N) is 3. The molecule has 3 rings (SSSR count). The number of nitrogen functional groups attached to an aromatic ring is 3. The highest BCUT2D eigenvalue weighted by molar-refractivity contribution is 5.45. The van der Waals surface area contributed by atoms with Crippen LogP contribution in [-0.2, 0) is 0 Å². The molecular weight excluding hydrogens is 330 g/mol. The van der Waals surface area contributed by atoms with Crippen molar-refractivity contribution in [1.82, 2.24) is 0 Å². The fourth-order valence-corrected chi connectivity index (χ4v) is 1.82. The standard InChI is InChI=1S/3C7H9N.3CH4/c1-6-2-4-7(8)5-3-6;1-6-3-2-4-7(8)5-6;1-6-4-2-3-5-7(6)8;;;/h3*2-5H,8H2,1H3;3*1H4. The third kappa shape index (κ3) is 13.0. The van der Waals surface area contributed by atoms with E-state index in [1.807, 2.05) is 93.6 Å². The monoisotopic (exact) mass is 369 g/mol. The molecule has 0 unspecified atom stereocenters. The molecular formula is C24H39N3. The fraction of sp³-hybridized carbons (Fsp3) is 0.250. The van der Waals surface area contributed by atoms with Crippen molar-refractivity contribution in [2.24, 2.45) is 0 Å². The second kappa shape index (κ2) is 15.3. The maximum absolute atomic E-state index is 5.52. The summed E-state index contributed by atoms with van der Waals surface area (Å²) in [6, 6.07) is 23.4. The van der Waals surface area contributed by atoms with Crippen molar-refractivity contribution in [2.75, 3.05) is 17.2 Å². The molecule has 0 spiro atoms. The van der Waals surface area contributed by atoms with E-state index in [0.29, 0.717) is 0 Å². The number of rotatable bonds is 0. The van der Waals surface area contributed by atoms with Gasteiger partial charge in [0, 0.05) is 17.1 Å². The lowest BCUT2D eigenvalue weighted by Gasteiger charge is -1.93. The van der Waals surface area contributed by atoms with Crippen LogP contribution in [0.15, 0.2) is 72.8 Å². The summed E-state index contributed by atoms with van der Waals surface area (Å²) in [7, 11) is 0. The first kappa shape index (κ1) is 28.8. The van der Waals surface area contributed by atoms with Crippen LogP contribution in [0.3, 0.4) is 0 Å². The van der Waals surface area contributed by atoms with Crippen LogP contribution in [0.1, 0.15) is 39.0 Å². The average Bonchev–Trinajstić information content (AvgIpc) is 2.54. The maximum atomic E-state index is 5.52. The number of para-hydroxylation sites is 1. The summed E-state index contributed by atoms with van der Waals surface area (Å²) in [5, 5.41) is 0. The second-order valence-corrected chi connectivity index (χ2v) is 5.68. The summed E-state index contributed by atoms with van der Waals surface area (Å²) in [5.41, 5.74) is 22.5. The Bertz CT molecular complexity index is 675. The molecule has 0 radical (unpaired) electrons. The summed E-state index contributed by atoms with van der Waals surface area (Å²) in [6.45, 7) is 6.06. The number of benzene rings is 3. The second-order valence-electron chi connectivity index (χ2n) is 5.68. The Morgan fingerprint density at radius 1 is 0.519 bits per heavy atom. The van der Waals surface area contributed by atoms with Gasteiger partial charge in [-0.25, -0.2) is 0 Å². The van der Waals surface area contributed by atoms with E-state index < -0.39 is 0 Å². The van der Waals surface area contributed by atoms with Crippen molar-refractivity contribution in [2.45, 2.75) is 43.1 Å². The van der Waals surface area contributed by atoms with E-state index in [4.69, 9.17) is 17.2 Å². The van der Waals surface area contributed by atoms with E-state index in [9.17, 15) is 0 Å². The Kier molecular flexibility index (Phi) is 16.4. The third-order valence-electron chi connectivity index (χ3n) is 3.31. The zero-order valence-corrected chi connectivity index (χ0v) is 14.7. The Morgan fingerprint density at radius 2 is 1.07 bits per heavy atom. The van der Waals surface area contributed by atoms with Crippen LogP contribution < -0.4 is 17.2 Å². The predicted molar refractivity (Wildman–Crippen MR) is 127 cm³/mol. The zero-order valence-electron chi connectivity index (χ0n) is 14.7. The van der Waals surface area contributed by atoms with Crippen LogP contribution in [0.2, 0.25) is 0 Å². The summed E-state index contributed by atoms with van der Waals surface area (Å²) in [6.07, 6.45) is 0. The maximum Gasteiger partial charge on any atom is 0.0343 e. The lowest BCUT2D eigenvalue weighted by Crippen LogP contribution is -1.85. The van der Waals surface area contributed by atoms with Gasteiger partial charge in [-0.2, -0.15) is 0 Å². The summed E-state index contributed by atoms with van der Waals surface area (Å²) in [5.74, 6) is 0. The molecule has 0 atom stereocenters. The molecule has 0 fully saturated rings. The van der Waals surface area contributed by atoms with E-state index in [1.165, 1.54) is 11.1 Å². The van der Waals surface area contributed by atoms with Crippen molar-refractivity contribution < 1.29 is 0 Å². The quantitative estimate of drug-likeness (QED) is 0.389. The van der Waals surface area contributed by atoms with Gasteiger partial charge in [0.05, 0.1) is 0 Å². The topological polar surface area (TPSA) is 78.1 Å². The molecule has 0 aliphatic heterocycles. The lowest BCUT2D eigenvalue weighted by atomic mass is 10.2. The SMILES string of the molecule is C.C.C.Cc1ccc(N)cc1.Cc1cccc(N)c1.Cc1ccccc1N. The molecule has 6 N–H and O–H groups in total. The highest BCUT2D eigenvalue weighted by Crippen LogP contribution is 2.06. The van der Waals surface area contributed by atoms with Gasteiger partial charge in [-0.05, 0) is 62.2 Å². The summed E-state index contributed by atoms with van der Waals surface area (Å²) < 4.78 is 0. The van der Waals surface area contributed by atoms with Crippen LogP contribution >= 0.6 is 0 Å².